The predicted octanol–water partition coefficient (Wildman–Crippen LogP) is 3.91. The summed E-state index contributed by atoms with van der Waals surface area (Å²) in [5.41, 5.74) is 2.42. The quantitative estimate of drug-likeness (QED) is 0.723. The lowest BCUT2D eigenvalue weighted by Crippen LogP contribution is -2.27. The van der Waals surface area contributed by atoms with Crippen LogP contribution in [0.5, 0.6) is 11.5 Å². The number of pyridine rings is 1. The molecule has 1 N–H and O–H groups in total. The highest BCUT2D eigenvalue weighted by Gasteiger charge is 2.13. The zero-order valence-electron chi connectivity index (χ0n) is 14.6. The van der Waals surface area contributed by atoms with Crippen LogP contribution in [0, 0.1) is 0 Å². The van der Waals surface area contributed by atoms with Gasteiger partial charge in [0.2, 0.25) is 5.89 Å². The fourth-order valence-corrected chi connectivity index (χ4v) is 2.38. The summed E-state index contributed by atoms with van der Waals surface area (Å²) < 4.78 is 16.0. The number of carbonyl (C=O) groups excluding carboxylic acids is 1. The molecule has 0 fully saturated rings. The van der Waals surface area contributed by atoms with Gasteiger partial charge >= 0.3 is 6.09 Å². The first kappa shape index (κ1) is 17.5. The van der Waals surface area contributed by atoms with Crippen molar-refractivity contribution in [1.29, 1.82) is 0 Å². The molecule has 2 aromatic heterocycles. The number of rotatable bonds is 6. The molecule has 0 saturated heterocycles. The summed E-state index contributed by atoms with van der Waals surface area (Å²) >= 11 is 0. The minimum Gasteiger partial charge on any atom is -0.493 e. The minimum absolute atomic E-state index is 0.333. The van der Waals surface area contributed by atoms with Crippen LogP contribution in [-0.2, 0) is 0 Å². The van der Waals surface area contributed by atoms with Gasteiger partial charge in [-0.25, -0.2) is 9.78 Å². The largest absolute Gasteiger partial charge is 0.493 e. The lowest BCUT2D eigenvalue weighted by atomic mass is 10.1. The molecule has 2 heterocycles. The molecule has 26 heavy (non-hydrogen) atoms. The van der Waals surface area contributed by atoms with Crippen LogP contribution < -0.4 is 14.8 Å². The van der Waals surface area contributed by atoms with Crippen molar-refractivity contribution in [3.05, 3.63) is 49.1 Å². The van der Waals surface area contributed by atoms with Crippen molar-refractivity contribution in [3.8, 4) is 34.1 Å². The molecule has 0 spiro atoms. The van der Waals surface area contributed by atoms with E-state index in [4.69, 9.17) is 13.9 Å². The van der Waals surface area contributed by atoms with Crippen molar-refractivity contribution >= 4 is 6.09 Å². The Bertz CT molecular complexity index is 878. The highest BCUT2D eigenvalue weighted by molar-refractivity contribution is 5.75. The summed E-state index contributed by atoms with van der Waals surface area (Å²) in [4.78, 5) is 20.2. The number of carbonyl (C=O) groups is 1. The Kier molecular flexibility index (Phi) is 5.48. The van der Waals surface area contributed by atoms with Crippen molar-refractivity contribution in [1.82, 2.24) is 15.3 Å². The molecule has 3 aromatic rings. The molecule has 0 bridgehead atoms. The first-order valence-electron chi connectivity index (χ1n) is 8.20. The number of oxazole rings is 1. The third kappa shape index (κ3) is 4.00. The number of aromatic nitrogens is 2. The standard InChI is InChI=1S/C19H19N3O4/c1-3-6-22-19(23)26-17-10-13(4-5-16(17)24-2)14-9-15(12-20-11-14)18-21-7-8-25-18/h4-5,7-12H,3,6H2,1-2H3,(H,22,23). The molecular formula is C19H19N3O4. The third-order valence-electron chi connectivity index (χ3n) is 3.64. The Morgan fingerprint density at radius 1 is 1.15 bits per heavy atom. The Hall–Kier alpha value is -3.35. The Morgan fingerprint density at radius 2 is 2.00 bits per heavy atom. The molecule has 0 radical (unpaired) electrons. The van der Waals surface area contributed by atoms with E-state index in [0.29, 0.717) is 23.9 Å². The van der Waals surface area contributed by atoms with E-state index in [9.17, 15) is 4.79 Å². The van der Waals surface area contributed by atoms with Gasteiger partial charge in [-0.3, -0.25) is 4.98 Å². The smallest absolute Gasteiger partial charge is 0.412 e. The predicted molar refractivity (Wildman–Crippen MR) is 96.0 cm³/mol. The van der Waals surface area contributed by atoms with Crippen LogP contribution in [-0.4, -0.2) is 29.7 Å². The average Bonchev–Trinajstić information content (AvgIpc) is 3.21. The van der Waals surface area contributed by atoms with E-state index in [1.807, 2.05) is 19.1 Å². The molecule has 7 heteroatoms. The molecular weight excluding hydrogens is 334 g/mol. The molecule has 0 saturated carbocycles. The number of methoxy groups -OCH3 is 1. The fourth-order valence-electron chi connectivity index (χ4n) is 2.38. The maximum atomic E-state index is 11.9. The van der Waals surface area contributed by atoms with Gasteiger partial charge in [-0.2, -0.15) is 0 Å². The van der Waals surface area contributed by atoms with E-state index in [-0.39, 0.29) is 0 Å². The second-order valence-corrected chi connectivity index (χ2v) is 5.48. The number of nitrogens with zero attached hydrogens (tertiary/aromatic N) is 2. The second kappa shape index (κ2) is 8.15. The molecule has 0 aliphatic heterocycles. The molecule has 0 aliphatic carbocycles. The number of nitrogens with one attached hydrogen (secondary N) is 1. The maximum absolute atomic E-state index is 11.9. The normalized spacial score (nSPS) is 10.4. The van der Waals surface area contributed by atoms with Gasteiger partial charge in [-0.15, -0.1) is 0 Å². The van der Waals surface area contributed by atoms with E-state index in [2.05, 4.69) is 15.3 Å². The van der Waals surface area contributed by atoms with E-state index in [1.54, 1.807) is 30.7 Å². The van der Waals surface area contributed by atoms with Crippen LogP contribution in [0.2, 0.25) is 0 Å². The Balaban J connectivity index is 1.90. The molecule has 7 nitrogen and oxygen atoms in total. The zero-order chi connectivity index (χ0) is 18.4. The third-order valence-corrected chi connectivity index (χ3v) is 3.64. The van der Waals surface area contributed by atoms with Gasteiger partial charge in [0.25, 0.3) is 0 Å². The van der Waals surface area contributed by atoms with Crippen LogP contribution >= 0.6 is 0 Å². The van der Waals surface area contributed by atoms with E-state index >= 15 is 0 Å². The van der Waals surface area contributed by atoms with Gasteiger partial charge in [-0.1, -0.05) is 13.0 Å². The van der Waals surface area contributed by atoms with Crippen molar-refractivity contribution < 1.29 is 18.7 Å². The Morgan fingerprint density at radius 3 is 2.73 bits per heavy atom. The average molecular weight is 353 g/mol. The highest BCUT2D eigenvalue weighted by Crippen LogP contribution is 2.33. The van der Waals surface area contributed by atoms with Crippen LogP contribution in [0.15, 0.2) is 53.5 Å². The Labute approximate surface area is 151 Å². The van der Waals surface area contributed by atoms with Gasteiger partial charge in [0.1, 0.15) is 6.26 Å². The number of ether oxygens (including phenoxy) is 2. The van der Waals surface area contributed by atoms with E-state index < -0.39 is 6.09 Å². The molecule has 3 rings (SSSR count). The summed E-state index contributed by atoms with van der Waals surface area (Å²) in [6, 6.07) is 7.25. The van der Waals surface area contributed by atoms with Crippen molar-refractivity contribution in [2.45, 2.75) is 13.3 Å². The minimum atomic E-state index is -0.519. The summed E-state index contributed by atoms with van der Waals surface area (Å²) in [6.07, 6.45) is 6.79. The van der Waals surface area contributed by atoms with Crippen molar-refractivity contribution in [2.75, 3.05) is 13.7 Å². The summed E-state index contributed by atoms with van der Waals surface area (Å²) in [6.45, 7) is 2.51. The SMILES string of the molecule is CCCNC(=O)Oc1cc(-c2cncc(-c3ncco3)c2)ccc1OC. The first-order chi connectivity index (χ1) is 12.7. The molecule has 1 aromatic carbocycles. The van der Waals surface area contributed by atoms with E-state index in [0.717, 1.165) is 23.1 Å². The zero-order valence-corrected chi connectivity index (χ0v) is 14.6. The van der Waals surface area contributed by atoms with Crippen LogP contribution in [0.1, 0.15) is 13.3 Å². The number of hydrogen-bond acceptors (Lipinski definition) is 6. The summed E-state index contributed by atoms with van der Waals surface area (Å²) in [5.74, 6) is 1.29. The summed E-state index contributed by atoms with van der Waals surface area (Å²) in [7, 11) is 1.52. The summed E-state index contributed by atoms with van der Waals surface area (Å²) in [5, 5.41) is 2.67. The maximum Gasteiger partial charge on any atom is 0.412 e. The monoisotopic (exact) mass is 353 g/mol. The molecule has 134 valence electrons. The van der Waals surface area contributed by atoms with Gasteiger partial charge < -0.3 is 19.2 Å². The molecule has 1 amide bonds. The number of hydrogen-bond donors (Lipinski definition) is 1. The van der Waals surface area contributed by atoms with Crippen LogP contribution in [0.25, 0.3) is 22.6 Å². The highest BCUT2D eigenvalue weighted by atomic mass is 16.6. The van der Waals surface area contributed by atoms with Crippen molar-refractivity contribution in [3.63, 3.8) is 0 Å². The first-order valence-corrected chi connectivity index (χ1v) is 8.20. The molecule has 0 atom stereocenters. The fraction of sp³-hybridized carbons (Fsp3) is 0.211. The van der Waals surface area contributed by atoms with Crippen LogP contribution in [0.3, 0.4) is 0 Å². The van der Waals surface area contributed by atoms with Crippen LogP contribution in [0.4, 0.5) is 4.79 Å². The van der Waals surface area contributed by atoms with Gasteiger partial charge in [0.05, 0.1) is 18.9 Å². The van der Waals surface area contributed by atoms with Crippen molar-refractivity contribution in [2.24, 2.45) is 0 Å². The van der Waals surface area contributed by atoms with Gasteiger partial charge in [-0.05, 0) is 30.2 Å². The van der Waals surface area contributed by atoms with Gasteiger partial charge in [0.15, 0.2) is 11.5 Å². The van der Waals surface area contributed by atoms with Gasteiger partial charge in [0, 0.05) is 24.5 Å². The second-order valence-electron chi connectivity index (χ2n) is 5.48. The number of amides is 1. The lowest BCUT2D eigenvalue weighted by Gasteiger charge is -2.12. The topological polar surface area (TPSA) is 86.5 Å². The number of benzene rings is 1. The lowest BCUT2D eigenvalue weighted by molar-refractivity contribution is 0.198. The molecule has 0 aliphatic rings. The molecule has 0 unspecified atom stereocenters. The van der Waals surface area contributed by atoms with E-state index in [1.165, 1.54) is 13.4 Å².